The third kappa shape index (κ3) is 5.33. The summed E-state index contributed by atoms with van der Waals surface area (Å²) in [5, 5.41) is 4.24. The maximum atomic E-state index is 13.8. The molecule has 0 aliphatic heterocycles. The van der Waals surface area contributed by atoms with E-state index in [1.807, 2.05) is 68.4 Å². The number of benzene rings is 3. The Morgan fingerprint density at radius 3 is 2.39 bits per heavy atom. The molecule has 1 N–H and O–H groups in total. The van der Waals surface area contributed by atoms with E-state index in [4.69, 9.17) is 9.26 Å². The van der Waals surface area contributed by atoms with Crippen LogP contribution in [-0.4, -0.2) is 32.2 Å². The molecule has 0 fully saturated rings. The van der Waals surface area contributed by atoms with Crippen LogP contribution in [0.2, 0.25) is 0 Å². The highest BCUT2D eigenvalue weighted by atomic mass is 32.1. The fourth-order valence-corrected chi connectivity index (χ4v) is 6.33. The Bertz CT molecular complexity index is 2200. The van der Waals surface area contributed by atoms with Crippen molar-refractivity contribution in [1.82, 2.24) is 19.3 Å². The first-order valence-electron chi connectivity index (χ1n) is 14.0. The topological polar surface area (TPSA) is 129 Å². The normalized spacial score (nSPS) is 11.2. The number of fused-ring (bicyclic) bond motifs is 1. The molecule has 0 bridgehead atoms. The SMILES string of the molecule is CCc1cc2c(=O)n(CC(=O)c3ccc(OC)c(C)c3)c(=O)n(Cc3ccc(-c4ccccc4-c4noc(=O)[nH]4)cc3)c2s1. The average molecular weight is 609 g/mol. The van der Waals surface area contributed by atoms with Crippen LogP contribution < -0.4 is 21.7 Å². The van der Waals surface area contributed by atoms with Gasteiger partial charge in [0.25, 0.3) is 5.56 Å². The second-order valence-electron chi connectivity index (χ2n) is 10.3. The minimum atomic E-state index is -0.635. The van der Waals surface area contributed by atoms with Gasteiger partial charge in [0, 0.05) is 16.0 Å². The molecule has 0 radical (unpaired) electrons. The molecule has 11 heteroatoms. The number of thiophene rings is 1. The molecule has 0 unspecified atom stereocenters. The first kappa shape index (κ1) is 28.8. The fraction of sp³-hybridized carbons (Fsp3) is 0.182. The lowest BCUT2D eigenvalue weighted by atomic mass is 9.98. The zero-order valence-corrected chi connectivity index (χ0v) is 25.1. The van der Waals surface area contributed by atoms with Crippen molar-refractivity contribution in [3.05, 3.63) is 126 Å². The van der Waals surface area contributed by atoms with Crippen molar-refractivity contribution in [2.45, 2.75) is 33.4 Å². The largest absolute Gasteiger partial charge is 0.496 e. The number of methoxy groups -OCH3 is 1. The molecule has 0 amide bonds. The van der Waals surface area contributed by atoms with E-state index < -0.39 is 17.0 Å². The van der Waals surface area contributed by atoms with Gasteiger partial charge >= 0.3 is 11.4 Å². The van der Waals surface area contributed by atoms with Crippen LogP contribution in [0.15, 0.2) is 91.7 Å². The number of aromatic amines is 1. The van der Waals surface area contributed by atoms with Gasteiger partial charge in [-0.05, 0) is 59.9 Å². The van der Waals surface area contributed by atoms with Crippen LogP contribution in [0.1, 0.15) is 33.3 Å². The molecule has 0 saturated heterocycles. The lowest BCUT2D eigenvalue weighted by Gasteiger charge is -2.13. The average Bonchev–Trinajstić information content (AvgIpc) is 3.68. The lowest BCUT2D eigenvalue weighted by molar-refractivity contribution is 0.0968. The number of nitrogens with zero attached hydrogens (tertiary/aromatic N) is 3. The van der Waals surface area contributed by atoms with E-state index >= 15 is 0 Å². The summed E-state index contributed by atoms with van der Waals surface area (Å²) in [5.74, 6) is -0.00256. The van der Waals surface area contributed by atoms with E-state index in [1.54, 1.807) is 29.9 Å². The third-order valence-electron chi connectivity index (χ3n) is 7.54. The number of carbonyl (C=O) groups excluding carboxylic acids is 1. The number of H-pyrrole nitrogens is 1. The molecule has 6 rings (SSSR count). The summed E-state index contributed by atoms with van der Waals surface area (Å²) in [4.78, 5) is 56.3. The van der Waals surface area contributed by atoms with E-state index in [0.717, 1.165) is 31.7 Å². The Balaban J connectivity index is 1.37. The van der Waals surface area contributed by atoms with Gasteiger partial charge in [0.05, 0.1) is 25.6 Å². The Hall–Kier alpha value is -5.29. The van der Waals surface area contributed by atoms with Gasteiger partial charge in [-0.25, -0.2) is 9.59 Å². The molecule has 0 atom stereocenters. The first-order chi connectivity index (χ1) is 21.3. The minimum Gasteiger partial charge on any atom is -0.496 e. The standard InChI is InChI=1S/C33H28N4O6S/c1-4-23-16-26-30(39)36(18-27(38)22-13-14-28(42-3)19(2)15-22)33(41)37(31(26)44-23)17-20-9-11-21(12-10-20)24-7-5-6-8-25(24)29-34-32(40)43-35-29/h5-16H,4,17-18H2,1-3H3,(H,34,35,40). The van der Waals surface area contributed by atoms with Crippen LogP contribution >= 0.6 is 11.3 Å². The number of ether oxygens (including phenoxy) is 1. The van der Waals surface area contributed by atoms with Gasteiger partial charge in [0.2, 0.25) is 0 Å². The molecule has 0 aliphatic rings. The van der Waals surface area contributed by atoms with Crippen LogP contribution in [0.25, 0.3) is 32.7 Å². The van der Waals surface area contributed by atoms with Gasteiger partial charge in [-0.3, -0.25) is 28.2 Å². The second-order valence-corrected chi connectivity index (χ2v) is 11.5. The molecular formula is C33H28N4O6S. The molecule has 0 aliphatic carbocycles. The number of rotatable bonds is 9. The minimum absolute atomic E-state index is 0.202. The molecule has 6 aromatic rings. The van der Waals surface area contributed by atoms with Gasteiger partial charge in [-0.2, -0.15) is 0 Å². The fourth-order valence-electron chi connectivity index (χ4n) is 5.25. The summed E-state index contributed by atoms with van der Waals surface area (Å²) < 4.78 is 12.6. The summed E-state index contributed by atoms with van der Waals surface area (Å²) in [6.45, 7) is 3.65. The number of carbonyl (C=O) groups is 1. The summed E-state index contributed by atoms with van der Waals surface area (Å²) >= 11 is 1.41. The van der Waals surface area contributed by atoms with Crippen LogP contribution in [-0.2, 0) is 19.5 Å². The van der Waals surface area contributed by atoms with Crippen LogP contribution in [0.5, 0.6) is 5.75 Å². The lowest BCUT2D eigenvalue weighted by Crippen LogP contribution is -2.41. The zero-order chi connectivity index (χ0) is 31.0. The number of nitrogens with one attached hydrogen (secondary N) is 1. The highest BCUT2D eigenvalue weighted by Crippen LogP contribution is 2.30. The van der Waals surface area contributed by atoms with Gasteiger partial charge in [0.15, 0.2) is 11.6 Å². The smallest absolute Gasteiger partial charge is 0.439 e. The van der Waals surface area contributed by atoms with Crippen molar-refractivity contribution in [3.8, 4) is 28.3 Å². The molecule has 44 heavy (non-hydrogen) atoms. The van der Waals surface area contributed by atoms with Crippen molar-refractivity contribution < 1.29 is 14.1 Å². The predicted molar refractivity (Wildman–Crippen MR) is 169 cm³/mol. The molecule has 222 valence electrons. The second kappa shape index (κ2) is 11.8. The first-order valence-corrected chi connectivity index (χ1v) is 14.8. The molecule has 10 nitrogen and oxygen atoms in total. The van der Waals surface area contributed by atoms with Gasteiger partial charge in [0.1, 0.15) is 10.6 Å². The summed E-state index contributed by atoms with van der Waals surface area (Å²) in [5.41, 5.74) is 3.41. The van der Waals surface area contributed by atoms with Crippen molar-refractivity contribution in [3.63, 3.8) is 0 Å². The molecule has 3 heterocycles. The number of aryl methyl sites for hydroxylation is 2. The van der Waals surface area contributed by atoms with Crippen LogP contribution in [0.3, 0.4) is 0 Å². The summed E-state index contributed by atoms with van der Waals surface area (Å²) in [7, 11) is 1.56. The molecular weight excluding hydrogens is 580 g/mol. The van der Waals surface area contributed by atoms with Gasteiger partial charge < -0.3 is 4.74 Å². The zero-order valence-electron chi connectivity index (χ0n) is 24.2. The Labute approximate surface area is 254 Å². The molecule has 3 aromatic carbocycles. The van der Waals surface area contributed by atoms with E-state index in [2.05, 4.69) is 10.1 Å². The van der Waals surface area contributed by atoms with E-state index in [9.17, 15) is 19.2 Å². The number of aromatic nitrogens is 4. The van der Waals surface area contributed by atoms with E-state index in [0.29, 0.717) is 39.3 Å². The van der Waals surface area contributed by atoms with Crippen molar-refractivity contribution in [2.24, 2.45) is 0 Å². The number of Topliss-reactive ketones (excluding diaryl/α,β-unsaturated/α-hetero) is 1. The van der Waals surface area contributed by atoms with Crippen molar-refractivity contribution >= 4 is 27.3 Å². The highest BCUT2D eigenvalue weighted by molar-refractivity contribution is 7.18. The maximum Gasteiger partial charge on any atom is 0.439 e. The third-order valence-corrected chi connectivity index (χ3v) is 8.84. The van der Waals surface area contributed by atoms with Crippen LogP contribution in [0, 0.1) is 6.92 Å². The number of ketones is 1. The Morgan fingerprint density at radius 1 is 0.977 bits per heavy atom. The summed E-state index contributed by atoms with van der Waals surface area (Å²) in [6, 6.07) is 22.0. The van der Waals surface area contributed by atoms with E-state index in [-0.39, 0.29) is 18.9 Å². The quantitative estimate of drug-likeness (QED) is 0.228. The Kier molecular flexibility index (Phi) is 7.71. The molecule has 0 saturated carbocycles. The highest BCUT2D eigenvalue weighted by Gasteiger charge is 2.20. The van der Waals surface area contributed by atoms with Crippen molar-refractivity contribution in [1.29, 1.82) is 0 Å². The Morgan fingerprint density at radius 2 is 1.73 bits per heavy atom. The predicted octanol–water partition coefficient (Wildman–Crippen LogP) is 5.05. The van der Waals surface area contributed by atoms with Crippen LogP contribution in [0.4, 0.5) is 0 Å². The van der Waals surface area contributed by atoms with Gasteiger partial charge in [-0.15, -0.1) is 11.3 Å². The number of hydrogen-bond donors (Lipinski definition) is 1. The number of hydrogen-bond acceptors (Lipinski definition) is 8. The van der Waals surface area contributed by atoms with Crippen molar-refractivity contribution in [2.75, 3.05) is 7.11 Å². The van der Waals surface area contributed by atoms with E-state index in [1.165, 1.54) is 11.3 Å². The summed E-state index contributed by atoms with van der Waals surface area (Å²) in [6.07, 6.45) is 0.710. The monoisotopic (exact) mass is 608 g/mol. The molecule has 0 spiro atoms. The molecule has 3 aromatic heterocycles. The van der Waals surface area contributed by atoms with Gasteiger partial charge in [-0.1, -0.05) is 60.6 Å². The maximum absolute atomic E-state index is 13.8.